The lowest BCUT2D eigenvalue weighted by molar-refractivity contribution is 0.0690. The molecule has 0 unspecified atom stereocenters. The van der Waals surface area contributed by atoms with Gasteiger partial charge in [-0.3, -0.25) is 0 Å². The lowest BCUT2D eigenvalue weighted by Crippen LogP contribution is -2.03. The van der Waals surface area contributed by atoms with Gasteiger partial charge in [-0.25, -0.2) is 13.9 Å². The Hall–Kier alpha value is -1.88. The summed E-state index contributed by atoms with van der Waals surface area (Å²) >= 11 is 5.60. The maximum absolute atomic E-state index is 13.4. The van der Waals surface area contributed by atoms with Crippen molar-refractivity contribution in [3.63, 3.8) is 0 Å². The molecule has 0 fully saturated rings. The quantitative estimate of drug-likeness (QED) is 0.931. The first-order valence-corrected chi connectivity index (χ1v) is 5.68. The molecule has 2 rings (SSSR count). The average molecular weight is 269 g/mol. The molecular formula is C12H10ClFN2O2. The summed E-state index contributed by atoms with van der Waals surface area (Å²) in [6.07, 6.45) is 0.588. The fourth-order valence-electron chi connectivity index (χ4n) is 1.62. The zero-order chi connectivity index (χ0) is 13.3. The van der Waals surface area contributed by atoms with Crippen molar-refractivity contribution < 1.29 is 14.3 Å². The fraction of sp³-hybridized carbons (Fsp3) is 0.167. The van der Waals surface area contributed by atoms with E-state index >= 15 is 0 Å². The Morgan fingerprint density at radius 1 is 1.50 bits per heavy atom. The molecule has 0 amide bonds. The molecule has 1 N–H and O–H groups in total. The number of carbonyl (C=O) groups is 1. The third-order valence-corrected chi connectivity index (χ3v) is 2.82. The van der Waals surface area contributed by atoms with Gasteiger partial charge in [-0.05, 0) is 24.6 Å². The van der Waals surface area contributed by atoms with Crippen LogP contribution in [0.3, 0.4) is 0 Å². The van der Waals surface area contributed by atoms with E-state index in [9.17, 15) is 9.18 Å². The lowest BCUT2D eigenvalue weighted by atomic mass is 10.2. The molecule has 0 atom stereocenters. The standard InChI is InChI=1S/C12H10ClFN2O2/c1-2-7-6-11(12(17)18)15-16(7)8-3-4-9(13)10(14)5-8/h3-6H,2H2,1H3,(H,17,18). The van der Waals surface area contributed by atoms with E-state index in [1.165, 1.54) is 22.9 Å². The SMILES string of the molecule is CCc1cc(C(=O)O)nn1-c1ccc(Cl)c(F)c1. The van der Waals surface area contributed by atoms with Gasteiger partial charge >= 0.3 is 5.97 Å². The monoisotopic (exact) mass is 268 g/mol. The molecule has 6 heteroatoms. The highest BCUT2D eigenvalue weighted by atomic mass is 35.5. The van der Waals surface area contributed by atoms with Crippen molar-refractivity contribution in [1.29, 1.82) is 0 Å². The first-order valence-electron chi connectivity index (χ1n) is 5.30. The number of hydrogen-bond donors (Lipinski definition) is 1. The van der Waals surface area contributed by atoms with Crippen molar-refractivity contribution in [2.45, 2.75) is 13.3 Å². The minimum atomic E-state index is -1.11. The highest BCUT2D eigenvalue weighted by Crippen LogP contribution is 2.20. The lowest BCUT2D eigenvalue weighted by Gasteiger charge is -2.06. The molecule has 1 heterocycles. The Bertz CT molecular complexity index is 610. The van der Waals surface area contributed by atoms with Crippen molar-refractivity contribution in [3.8, 4) is 5.69 Å². The van der Waals surface area contributed by atoms with Gasteiger partial charge in [-0.1, -0.05) is 18.5 Å². The topological polar surface area (TPSA) is 55.1 Å². The Morgan fingerprint density at radius 2 is 2.22 bits per heavy atom. The van der Waals surface area contributed by atoms with Gasteiger partial charge in [0.15, 0.2) is 5.69 Å². The molecule has 94 valence electrons. The maximum Gasteiger partial charge on any atom is 0.356 e. The minimum absolute atomic E-state index is 0.0161. The van der Waals surface area contributed by atoms with Crippen LogP contribution in [0.5, 0.6) is 0 Å². The van der Waals surface area contributed by atoms with Crippen LogP contribution in [-0.4, -0.2) is 20.9 Å². The molecule has 18 heavy (non-hydrogen) atoms. The summed E-state index contributed by atoms with van der Waals surface area (Å²) in [6.45, 7) is 1.87. The number of aryl methyl sites for hydroxylation is 1. The number of carboxylic acid groups (broad SMARTS) is 1. The minimum Gasteiger partial charge on any atom is -0.476 e. The van der Waals surface area contributed by atoms with Gasteiger partial charge in [0.2, 0.25) is 0 Å². The number of nitrogens with zero attached hydrogens (tertiary/aromatic N) is 2. The molecule has 4 nitrogen and oxygen atoms in total. The van der Waals surface area contributed by atoms with Crippen LogP contribution < -0.4 is 0 Å². The Balaban J connectivity index is 2.55. The van der Waals surface area contributed by atoms with Crippen molar-refractivity contribution in [2.24, 2.45) is 0 Å². The average Bonchev–Trinajstić information content (AvgIpc) is 2.77. The van der Waals surface area contributed by atoms with Gasteiger partial charge in [0, 0.05) is 11.8 Å². The third kappa shape index (κ3) is 2.22. The summed E-state index contributed by atoms with van der Waals surface area (Å²) < 4.78 is 14.8. The second kappa shape index (κ2) is 4.78. The van der Waals surface area contributed by atoms with E-state index in [0.717, 1.165) is 0 Å². The zero-order valence-electron chi connectivity index (χ0n) is 9.52. The summed E-state index contributed by atoms with van der Waals surface area (Å²) in [4.78, 5) is 10.9. The number of halogens is 2. The van der Waals surface area contributed by atoms with Crippen molar-refractivity contribution in [3.05, 3.63) is 46.5 Å². The van der Waals surface area contributed by atoms with Crippen molar-refractivity contribution in [1.82, 2.24) is 9.78 Å². The highest BCUT2D eigenvalue weighted by Gasteiger charge is 2.14. The summed E-state index contributed by atoms with van der Waals surface area (Å²) in [5.41, 5.74) is 1.07. The number of benzene rings is 1. The van der Waals surface area contributed by atoms with E-state index in [-0.39, 0.29) is 10.7 Å². The second-order valence-corrected chi connectivity index (χ2v) is 4.10. The van der Waals surface area contributed by atoms with Gasteiger partial charge in [0.05, 0.1) is 10.7 Å². The van der Waals surface area contributed by atoms with E-state index in [0.29, 0.717) is 17.8 Å². The molecule has 0 bridgehead atoms. The van der Waals surface area contributed by atoms with Crippen LogP contribution >= 0.6 is 11.6 Å². The van der Waals surface area contributed by atoms with E-state index in [4.69, 9.17) is 16.7 Å². The predicted molar refractivity (Wildman–Crippen MR) is 64.9 cm³/mol. The van der Waals surface area contributed by atoms with Crippen LogP contribution in [0.25, 0.3) is 5.69 Å². The largest absolute Gasteiger partial charge is 0.476 e. The molecule has 0 aliphatic rings. The number of hydrogen-bond acceptors (Lipinski definition) is 2. The Kier molecular flexibility index (Phi) is 3.34. The van der Waals surface area contributed by atoms with Gasteiger partial charge < -0.3 is 5.11 Å². The van der Waals surface area contributed by atoms with Crippen LogP contribution in [-0.2, 0) is 6.42 Å². The zero-order valence-corrected chi connectivity index (χ0v) is 10.3. The van der Waals surface area contributed by atoms with Gasteiger partial charge in [-0.15, -0.1) is 0 Å². The maximum atomic E-state index is 13.4. The van der Waals surface area contributed by atoms with E-state index < -0.39 is 11.8 Å². The van der Waals surface area contributed by atoms with Gasteiger partial charge in [0.25, 0.3) is 0 Å². The Labute approximate surface area is 108 Å². The normalized spacial score (nSPS) is 10.6. The first kappa shape index (κ1) is 12.6. The Morgan fingerprint density at radius 3 is 2.78 bits per heavy atom. The summed E-state index contributed by atoms with van der Waals surface area (Å²) in [5.74, 6) is -1.68. The number of aromatic nitrogens is 2. The molecule has 1 aromatic heterocycles. The van der Waals surface area contributed by atoms with Crippen LogP contribution in [0.4, 0.5) is 4.39 Å². The number of aromatic carboxylic acids is 1. The molecule has 0 aliphatic carbocycles. The smallest absolute Gasteiger partial charge is 0.356 e. The predicted octanol–water partition coefficient (Wildman–Crippen LogP) is 2.93. The molecule has 0 radical (unpaired) electrons. The summed E-state index contributed by atoms with van der Waals surface area (Å²) in [7, 11) is 0. The molecule has 0 aliphatic heterocycles. The highest BCUT2D eigenvalue weighted by molar-refractivity contribution is 6.30. The van der Waals surface area contributed by atoms with Crippen LogP contribution in [0.1, 0.15) is 23.1 Å². The van der Waals surface area contributed by atoms with Gasteiger partial charge in [-0.2, -0.15) is 5.10 Å². The molecular weight excluding hydrogens is 259 g/mol. The van der Waals surface area contributed by atoms with E-state index in [2.05, 4.69) is 5.10 Å². The molecule has 0 saturated carbocycles. The molecule has 0 spiro atoms. The number of carboxylic acids is 1. The number of rotatable bonds is 3. The first-order chi connectivity index (χ1) is 8.52. The summed E-state index contributed by atoms with van der Waals surface area (Å²) in [5, 5.41) is 12.8. The summed E-state index contributed by atoms with van der Waals surface area (Å²) in [6, 6.07) is 5.69. The van der Waals surface area contributed by atoms with Crippen molar-refractivity contribution in [2.75, 3.05) is 0 Å². The fourth-order valence-corrected chi connectivity index (χ4v) is 1.73. The molecule has 0 saturated heterocycles. The second-order valence-electron chi connectivity index (χ2n) is 3.69. The molecule has 1 aromatic carbocycles. The van der Waals surface area contributed by atoms with E-state index in [1.54, 1.807) is 6.07 Å². The van der Waals surface area contributed by atoms with Crippen molar-refractivity contribution >= 4 is 17.6 Å². The van der Waals surface area contributed by atoms with Gasteiger partial charge in [0.1, 0.15) is 5.82 Å². The van der Waals surface area contributed by atoms with Crippen LogP contribution in [0.15, 0.2) is 24.3 Å². The third-order valence-electron chi connectivity index (χ3n) is 2.51. The van der Waals surface area contributed by atoms with Crippen LogP contribution in [0.2, 0.25) is 5.02 Å². The van der Waals surface area contributed by atoms with Crippen LogP contribution in [0, 0.1) is 5.82 Å². The molecule has 2 aromatic rings. The van der Waals surface area contributed by atoms with E-state index in [1.807, 2.05) is 6.92 Å².